The smallest absolute Gasteiger partial charge is 0.258 e. The number of benzene rings is 1. The van der Waals surface area contributed by atoms with E-state index in [0.29, 0.717) is 17.9 Å². The van der Waals surface area contributed by atoms with Gasteiger partial charge in [-0.25, -0.2) is 9.37 Å². The van der Waals surface area contributed by atoms with Gasteiger partial charge in [-0.15, -0.1) is 0 Å². The molecule has 1 unspecified atom stereocenters. The topological polar surface area (TPSA) is 107 Å². The second kappa shape index (κ2) is 9.60. The van der Waals surface area contributed by atoms with Crippen LogP contribution in [0.4, 0.5) is 10.2 Å². The number of fused-ring (bicyclic) bond motifs is 1. The number of carbonyl (C=O) groups is 2. The van der Waals surface area contributed by atoms with Crippen LogP contribution in [0.25, 0.3) is 0 Å². The molecule has 0 spiro atoms. The molecule has 0 aliphatic carbocycles. The average molecular weight is 465 g/mol. The summed E-state index contributed by atoms with van der Waals surface area (Å²) in [6.07, 6.45) is 0.396. The van der Waals surface area contributed by atoms with Gasteiger partial charge < -0.3 is 25.4 Å². The van der Waals surface area contributed by atoms with Gasteiger partial charge in [0.25, 0.3) is 5.91 Å². The standard InChI is InChI=1S/C22H26ClFN4O4/c1-11(2)7-15(20(25)29)26-21-18(24)14-10-28(22(30)17(14)19(23)27-21)9-12-5-6-13(31-3)8-16(12)32-4/h5-6,8,11,15H,7,9-10H2,1-4H3,(H2,25,29)(H,26,27). The van der Waals surface area contributed by atoms with Crippen LogP contribution in [0.1, 0.15) is 41.8 Å². The maximum absolute atomic E-state index is 15.3. The molecule has 2 heterocycles. The molecule has 1 aromatic carbocycles. The number of halogens is 2. The van der Waals surface area contributed by atoms with Crippen molar-refractivity contribution in [1.29, 1.82) is 0 Å². The number of nitrogens with zero attached hydrogens (tertiary/aromatic N) is 2. The Morgan fingerprint density at radius 3 is 2.66 bits per heavy atom. The molecule has 0 saturated heterocycles. The largest absolute Gasteiger partial charge is 0.497 e. The van der Waals surface area contributed by atoms with Crippen LogP contribution in [0.5, 0.6) is 11.5 Å². The molecule has 10 heteroatoms. The third kappa shape index (κ3) is 4.72. The lowest BCUT2D eigenvalue weighted by atomic mass is 10.0. The van der Waals surface area contributed by atoms with Crippen molar-refractivity contribution in [2.24, 2.45) is 11.7 Å². The summed E-state index contributed by atoms with van der Waals surface area (Å²) in [6, 6.07) is 4.42. The summed E-state index contributed by atoms with van der Waals surface area (Å²) in [5.74, 6) is -0.689. The molecule has 3 N–H and O–H groups in total. The van der Waals surface area contributed by atoms with E-state index in [-0.39, 0.29) is 41.1 Å². The maximum atomic E-state index is 15.3. The van der Waals surface area contributed by atoms with E-state index in [1.54, 1.807) is 25.3 Å². The Morgan fingerprint density at radius 2 is 2.06 bits per heavy atom. The Hall–Kier alpha value is -3.07. The predicted octanol–water partition coefficient (Wildman–Crippen LogP) is 3.36. The molecule has 1 atom stereocenters. The monoisotopic (exact) mass is 464 g/mol. The zero-order valence-corrected chi connectivity index (χ0v) is 19.1. The quantitative estimate of drug-likeness (QED) is 0.551. The van der Waals surface area contributed by atoms with Crippen LogP contribution < -0.4 is 20.5 Å². The molecule has 172 valence electrons. The first-order valence-corrected chi connectivity index (χ1v) is 10.5. The van der Waals surface area contributed by atoms with Gasteiger partial charge in [-0.05, 0) is 24.5 Å². The molecule has 1 aliphatic rings. The van der Waals surface area contributed by atoms with E-state index in [1.165, 1.54) is 12.0 Å². The number of rotatable bonds is 9. The number of hydrogen-bond acceptors (Lipinski definition) is 6. The molecule has 0 radical (unpaired) electrons. The highest BCUT2D eigenvalue weighted by molar-refractivity contribution is 6.33. The number of ether oxygens (including phenoxy) is 2. The highest BCUT2D eigenvalue weighted by Gasteiger charge is 2.35. The predicted molar refractivity (Wildman–Crippen MR) is 118 cm³/mol. The van der Waals surface area contributed by atoms with E-state index < -0.39 is 23.7 Å². The number of nitrogens with one attached hydrogen (secondary N) is 1. The number of aromatic nitrogens is 1. The lowest BCUT2D eigenvalue weighted by Crippen LogP contribution is -2.37. The normalized spacial score (nSPS) is 13.8. The molecule has 0 fully saturated rings. The number of pyridine rings is 1. The van der Waals surface area contributed by atoms with Crippen LogP contribution in [0, 0.1) is 11.7 Å². The van der Waals surface area contributed by atoms with Gasteiger partial charge in [0.15, 0.2) is 11.6 Å². The number of hydrogen-bond donors (Lipinski definition) is 2. The van der Waals surface area contributed by atoms with Gasteiger partial charge in [0.1, 0.15) is 22.7 Å². The molecular weight excluding hydrogens is 439 g/mol. The minimum atomic E-state index is -0.817. The van der Waals surface area contributed by atoms with Crippen molar-refractivity contribution >= 4 is 29.2 Å². The van der Waals surface area contributed by atoms with E-state index in [1.807, 2.05) is 13.8 Å². The minimum absolute atomic E-state index is 0.00246. The summed E-state index contributed by atoms with van der Waals surface area (Å²) in [4.78, 5) is 30.2. The van der Waals surface area contributed by atoms with Crippen LogP contribution in [0.3, 0.4) is 0 Å². The van der Waals surface area contributed by atoms with Crippen LogP contribution in [0.15, 0.2) is 18.2 Å². The maximum Gasteiger partial charge on any atom is 0.258 e. The van der Waals surface area contributed by atoms with Crippen molar-refractivity contribution in [3.8, 4) is 11.5 Å². The second-order valence-electron chi connectivity index (χ2n) is 7.99. The van der Waals surface area contributed by atoms with Crippen molar-refractivity contribution < 1.29 is 23.5 Å². The van der Waals surface area contributed by atoms with Crippen molar-refractivity contribution in [1.82, 2.24) is 9.88 Å². The summed E-state index contributed by atoms with van der Waals surface area (Å²) < 4.78 is 25.9. The number of methoxy groups -OCH3 is 2. The Kier molecular flexibility index (Phi) is 7.08. The molecule has 1 aromatic heterocycles. The fourth-order valence-corrected chi connectivity index (χ4v) is 3.94. The number of amides is 2. The fourth-order valence-electron chi connectivity index (χ4n) is 3.66. The molecule has 8 nitrogen and oxygen atoms in total. The molecular formula is C22H26ClFN4O4. The number of nitrogens with two attached hydrogens (primary N) is 1. The van der Waals surface area contributed by atoms with Crippen LogP contribution >= 0.6 is 11.6 Å². The highest BCUT2D eigenvalue weighted by atomic mass is 35.5. The molecule has 0 bridgehead atoms. The Morgan fingerprint density at radius 1 is 1.34 bits per heavy atom. The Balaban J connectivity index is 1.89. The average Bonchev–Trinajstić information content (AvgIpc) is 3.07. The van der Waals surface area contributed by atoms with E-state index in [9.17, 15) is 9.59 Å². The summed E-state index contributed by atoms with van der Waals surface area (Å²) in [5.41, 5.74) is 6.31. The first-order valence-electron chi connectivity index (χ1n) is 10.1. The fraction of sp³-hybridized carbons (Fsp3) is 0.409. The first-order chi connectivity index (χ1) is 15.2. The second-order valence-corrected chi connectivity index (χ2v) is 8.34. The summed E-state index contributed by atoms with van der Waals surface area (Å²) in [5, 5.41) is 2.62. The van der Waals surface area contributed by atoms with Gasteiger partial charge in [0.2, 0.25) is 5.91 Å². The van der Waals surface area contributed by atoms with Gasteiger partial charge in [0, 0.05) is 23.7 Å². The molecule has 1 aliphatic heterocycles. The number of carbonyl (C=O) groups excluding carboxylic acids is 2. The number of primary amides is 1. The Bertz CT molecular complexity index is 1050. The van der Waals surface area contributed by atoms with E-state index >= 15 is 4.39 Å². The van der Waals surface area contributed by atoms with Gasteiger partial charge >= 0.3 is 0 Å². The van der Waals surface area contributed by atoms with Gasteiger partial charge in [-0.3, -0.25) is 9.59 Å². The first kappa shape index (κ1) is 23.6. The lowest BCUT2D eigenvalue weighted by molar-refractivity contribution is -0.119. The summed E-state index contributed by atoms with van der Waals surface area (Å²) in [6.45, 7) is 4.01. The zero-order valence-electron chi connectivity index (χ0n) is 18.4. The molecule has 2 amide bonds. The van der Waals surface area contributed by atoms with Gasteiger partial charge in [-0.1, -0.05) is 25.4 Å². The van der Waals surface area contributed by atoms with Crippen molar-refractivity contribution in [2.45, 2.75) is 39.4 Å². The zero-order chi connectivity index (χ0) is 23.6. The van der Waals surface area contributed by atoms with Crippen LogP contribution in [-0.4, -0.2) is 42.0 Å². The summed E-state index contributed by atoms with van der Waals surface area (Å²) >= 11 is 6.25. The lowest BCUT2D eigenvalue weighted by Gasteiger charge is -2.19. The van der Waals surface area contributed by atoms with Crippen molar-refractivity contribution in [2.75, 3.05) is 19.5 Å². The van der Waals surface area contributed by atoms with E-state index in [0.717, 1.165) is 5.56 Å². The van der Waals surface area contributed by atoms with E-state index in [2.05, 4.69) is 10.3 Å². The van der Waals surface area contributed by atoms with Gasteiger partial charge in [-0.2, -0.15) is 0 Å². The molecule has 2 aromatic rings. The third-order valence-corrected chi connectivity index (χ3v) is 5.53. The van der Waals surface area contributed by atoms with Crippen LogP contribution in [0.2, 0.25) is 5.15 Å². The highest BCUT2D eigenvalue weighted by Crippen LogP contribution is 2.35. The van der Waals surface area contributed by atoms with Crippen molar-refractivity contribution in [3.63, 3.8) is 0 Å². The van der Waals surface area contributed by atoms with E-state index in [4.69, 9.17) is 26.8 Å². The SMILES string of the molecule is COc1ccc(CN2Cc3c(F)c(NC(CC(C)C)C(N)=O)nc(Cl)c3C2=O)c(OC)c1. The minimum Gasteiger partial charge on any atom is -0.497 e. The number of anilines is 1. The third-order valence-electron chi connectivity index (χ3n) is 5.26. The van der Waals surface area contributed by atoms with Gasteiger partial charge in [0.05, 0.1) is 26.3 Å². The Labute approximate surface area is 190 Å². The molecule has 32 heavy (non-hydrogen) atoms. The molecule has 0 saturated carbocycles. The molecule has 3 rings (SSSR count). The summed E-state index contributed by atoms with van der Waals surface area (Å²) in [7, 11) is 3.06. The van der Waals surface area contributed by atoms with Crippen LogP contribution in [-0.2, 0) is 17.9 Å². The van der Waals surface area contributed by atoms with Crippen molar-refractivity contribution in [3.05, 3.63) is 45.9 Å².